The maximum Gasteiger partial charge on any atom is 0.341 e. The zero-order valence-corrected chi connectivity index (χ0v) is 10.6. The van der Waals surface area contributed by atoms with E-state index in [-0.39, 0.29) is 17.4 Å². The van der Waals surface area contributed by atoms with Crippen LogP contribution >= 0.6 is 0 Å². The molecule has 0 saturated heterocycles. The smallest absolute Gasteiger partial charge is 0.341 e. The molecule has 0 heterocycles. The van der Waals surface area contributed by atoms with Crippen LogP contribution in [0.25, 0.3) is 0 Å². The van der Waals surface area contributed by atoms with Crippen LogP contribution in [0, 0.1) is 5.82 Å². The lowest BCUT2D eigenvalue weighted by atomic mass is 10.2. The van der Waals surface area contributed by atoms with Crippen LogP contribution in [0.2, 0.25) is 0 Å². The zero-order valence-electron chi connectivity index (χ0n) is 10.6. The first-order valence-corrected chi connectivity index (χ1v) is 5.81. The second kappa shape index (κ2) is 6.96. The van der Waals surface area contributed by atoms with Crippen molar-refractivity contribution in [2.45, 2.75) is 25.8 Å². The second-order valence-corrected chi connectivity index (χ2v) is 4.10. The van der Waals surface area contributed by atoms with Gasteiger partial charge in [-0.05, 0) is 31.9 Å². The van der Waals surface area contributed by atoms with Gasteiger partial charge in [-0.3, -0.25) is 0 Å². The van der Waals surface area contributed by atoms with E-state index >= 15 is 0 Å². The van der Waals surface area contributed by atoms with Gasteiger partial charge in [-0.25, -0.2) is 9.18 Å². The molecule has 1 aromatic carbocycles. The molecule has 0 aliphatic carbocycles. The highest BCUT2D eigenvalue weighted by Crippen LogP contribution is 2.21. The van der Waals surface area contributed by atoms with E-state index in [9.17, 15) is 9.18 Å². The van der Waals surface area contributed by atoms with Gasteiger partial charge in [0.15, 0.2) is 0 Å². The van der Waals surface area contributed by atoms with E-state index in [1.54, 1.807) is 0 Å². The van der Waals surface area contributed by atoms with Crippen molar-refractivity contribution < 1.29 is 18.7 Å². The van der Waals surface area contributed by atoms with Crippen molar-refractivity contribution in [3.63, 3.8) is 0 Å². The largest absolute Gasteiger partial charge is 0.493 e. The third-order valence-electron chi connectivity index (χ3n) is 2.41. The number of nitrogens with two attached hydrogens (primary N) is 1. The maximum atomic E-state index is 13.1. The van der Waals surface area contributed by atoms with Crippen molar-refractivity contribution in [1.82, 2.24) is 0 Å². The molecular formula is C13H18FNO3. The molecule has 0 bridgehead atoms. The number of ether oxygens (including phenoxy) is 2. The summed E-state index contributed by atoms with van der Waals surface area (Å²) in [4.78, 5) is 11.4. The molecule has 18 heavy (non-hydrogen) atoms. The van der Waals surface area contributed by atoms with Crippen LogP contribution in [-0.2, 0) is 4.74 Å². The van der Waals surface area contributed by atoms with Crippen molar-refractivity contribution in [1.29, 1.82) is 0 Å². The fourth-order valence-electron chi connectivity index (χ4n) is 1.48. The molecule has 5 heteroatoms. The lowest BCUT2D eigenvalue weighted by Crippen LogP contribution is -2.16. The Labute approximate surface area is 106 Å². The van der Waals surface area contributed by atoms with Crippen LogP contribution in [0.3, 0.4) is 0 Å². The van der Waals surface area contributed by atoms with E-state index in [0.29, 0.717) is 6.61 Å². The SMILES string of the molecule is COC(=O)c1ccc(F)cc1OCCCC(C)N. The zero-order chi connectivity index (χ0) is 13.5. The highest BCUT2D eigenvalue weighted by atomic mass is 19.1. The first-order chi connectivity index (χ1) is 8.54. The monoisotopic (exact) mass is 255 g/mol. The van der Waals surface area contributed by atoms with E-state index in [2.05, 4.69) is 4.74 Å². The molecular weight excluding hydrogens is 237 g/mol. The van der Waals surface area contributed by atoms with Crippen LogP contribution in [0.15, 0.2) is 18.2 Å². The summed E-state index contributed by atoms with van der Waals surface area (Å²) in [5.74, 6) is -0.798. The molecule has 1 unspecified atom stereocenters. The summed E-state index contributed by atoms with van der Waals surface area (Å²) in [6.07, 6.45) is 1.55. The Balaban J connectivity index is 2.67. The molecule has 0 saturated carbocycles. The minimum atomic E-state index is -0.544. The summed E-state index contributed by atoms with van der Waals surface area (Å²) in [5, 5.41) is 0. The first-order valence-electron chi connectivity index (χ1n) is 5.81. The average Bonchev–Trinajstić information content (AvgIpc) is 2.33. The van der Waals surface area contributed by atoms with Gasteiger partial charge in [0, 0.05) is 12.1 Å². The molecule has 4 nitrogen and oxygen atoms in total. The third kappa shape index (κ3) is 4.33. The fourth-order valence-corrected chi connectivity index (χ4v) is 1.48. The van der Waals surface area contributed by atoms with Crippen molar-refractivity contribution >= 4 is 5.97 Å². The molecule has 0 spiro atoms. The lowest BCUT2D eigenvalue weighted by molar-refractivity contribution is 0.0596. The van der Waals surface area contributed by atoms with Gasteiger partial charge in [0.1, 0.15) is 17.1 Å². The molecule has 0 aromatic heterocycles. The molecule has 0 aliphatic rings. The van der Waals surface area contributed by atoms with E-state index in [1.165, 1.54) is 25.3 Å². The van der Waals surface area contributed by atoms with Crippen molar-refractivity contribution in [3.05, 3.63) is 29.6 Å². The molecule has 0 aliphatic heterocycles. The molecule has 1 atom stereocenters. The lowest BCUT2D eigenvalue weighted by Gasteiger charge is -2.11. The number of methoxy groups -OCH3 is 1. The minimum absolute atomic E-state index is 0.0983. The van der Waals surface area contributed by atoms with Crippen molar-refractivity contribution in [2.75, 3.05) is 13.7 Å². The highest BCUT2D eigenvalue weighted by Gasteiger charge is 2.13. The standard InChI is InChI=1S/C13H18FNO3/c1-9(15)4-3-7-18-12-8-10(14)5-6-11(12)13(16)17-2/h5-6,8-9H,3-4,7,15H2,1-2H3. The number of hydrogen-bond acceptors (Lipinski definition) is 4. The van der Waals surface area contributed by atoms with Crippen LogP contribution in [-0.4, -0.2) is 25.7 Å². The van der Waals surface area contributed by atoms with Gasteiger partial charge in [-0.2, -0.15) is 0 Å². The summed E-state index contributed by atoms with van der Waals surface area (Å²) >= 11 is 0. The maximum absolute atomic E-state index is 13.1. The predicted octanol–water partition coefficient (Wildman–Crippen LogP) is 2.12. The second-order valence-electron chi connectivity index (χ2n) is 4.10. The molecule has 2 N–H and O–H groups in total. The van der Waals surface area contributed by atoms with Gasteiger partial charge < -0.3 is 15.2 Å². The number of esters is 1. The summed E-state index contributed by atoms with van der Waals surface area (Å²) in [5.41, 5.74) is 5.83. The number of benzene rings is 1. The van der Waals surface area contributed by atoms with Gasteiger partial charge in [-0.15, -0.1) is 0 Å². The number of rotatable bonds is 6. The molecule has 0 radical (unpaired) electrons. The quantitative estimate of drug-likeness (QED) is 0.624. The Bertz CT molecular complexity index is 407. The summed E-state index contributed by atoms with van der Waals surface area (Å²) in [6, 6.07) is 3.82. The normalized spacial score (nSPS) is 12.0. The summed E-state index contributed by atoms with van der Waals surface area (Å²) < 4.78 is 23.1. The first kappa shape index (κ1) is 14.4. The van der Waals surface area contributed by atoms with Gasteiger partial charge in [0.2, 0.25) is 0 Å². The van der Waals surface area contributed by atoms with Gasteiger partial charge in [0.05, 0.1) is 13.7 Å². The number of carbonyl (C=O) groups excluding carboxylic acids is 1. The fraction of sp³-hybridized carbons (Fsp3) is 0.462. The Morgan fingerprint density at radius 1 is 1.50 bits per heavy atom. The van der Waals surface area contributed by atoms with E-state index in [0.717, 1.165) is 12.8 Å². The van der Waals surface area contributed by atoms with Gasteiger partial charge in [0.25, 0.3) is 0 Å². The number of halogens is 1. The van der Waals surface area contributed by atoms with Crippen LogP contribution in [0.5, 0.6) is 5.75 Å². The Morgan fingerprint density at radius 3 is 2.83 bits per heavy atom. The van der Waals surface area contributed by atoms with Gasteiger partial charge in [-0.1, -0.05) is 0 Å². The Kier molecular flexibility index (Phi) is 5.58. The minimum Gasteiger partial charge on any atom is -0.493 e. The van der Waals surface area contributed by atoms with E-state index in [4.69, 9.17) is 10.5 Å². The molecule has 100 valence electrons. The van der Waals surface area contributed by atoms with Gasteiger partial charge >= 0.3 is 5.97 Å². The van der Waals surface area contributed by atoms with E-state index in [1.807, 2.05) is 6.92 Å². The molecule has 0 fully saturated rings. The van der Waals surface area contributed by atoms with Crippen LogP contribution in [0.4, 0.5) is 4.39 Å². The molecule has 1 aromatic rings. The van der Waals surface area contributed by atoms with Crippen molar-refractivity contribution in [3.8, 4) is 5.75 Å². The number of hydrogen-bond donors (Lipinski definition) is 1. The molecule has 1 rings (SSSR count). The topological polar surface area (TPSA) is 61.5 Å². The van der Waals surface area contributed by atoms with Crippen LogP contribution in [0.1, 0.15) is 30.1 Å². The predicted molar refractivity (Wildman–Crippen MR) is 66.1 cm³/mol. The van der Waals surface area contributed by atoms with Crippen molar-refractivity contribution in [2.24, 2.45) is 5.73 Å². The number of carbonyl (C=O) groups is 1. The molecule has 0 amide bonds. The Hall–Kier alpha value is -1.62. The van der Waals surface area contributed by atoms with Crippen LogP contribution < -0.4 is 10.5 Å². The summed E-state index contributed by atoms with van der Waals surface area (Å²) in [6.45, 7) is 2.29. The Morgan fingerprint density at radius 2 is 2.22 bits per heavy atom. The average molecular weight is 255 g/mol. The highest BCUT2D eigenvalue weighted by molar-refractivity contribution is 5.92. The van der Waals surface area contributed by atoms with E-state index < -0.39 is 11.8 Å². The third-order valence-corrected chi connectivity index (χ3v) is 2.41. The summed E-state index contributed by atoms with van der Waals surface area (Å²) in [7, 11) is 1.27.